The average Bonchev–Trinajstić information content (AvgIpc) is 2.54. The first-order valence-corrected chi connectivity index (χ1v) is 7.76. The van der Waals surface area contributed by atoms with Crippen LogP contribution in [0.25, 0.3) is 0 Å². The van der Waals surface area contributed by atoms with Gasteiger partial charge in [0.1, 0.15) is 5.82 Å². The molecule has 2 aromatic carbocycles. The van der Waals surface area contributed by atoms with E-state index in [1.807, 2.05) is 32.3 Å². The maximum Gasteiger partial charge on any atom is 0.224 e. The quantitative estimate of drug-likeness (QED) is 0.852. The zero-order chi connectivity index (χ0) is 16.7. The number of nitrogens with one attached hydrogen (secondary N) is 1. The van der Waals surface area contributed by atoms with Gasteiger partial charge in [0.05, 0.1) is 6.42 Å². The van der Waals surface area contributed by atoms with Gasteiger partial charge in [-0.15, -0.1) is 0 Å². The molecular formula is C19H23FN2O. The summed E-state index contributed by atoms with van der Waals surface area (Å²) in [6, 6.07) is 16.5. The maximum absolute atomic E-state index is 12.9. The maximum atomic E-state index is 12.9. The van der Waals surface area contributed by atoms with Crippen LogP contribution in [0.15, 0.2) is 54.6 Å². The van der Waals surface area contributed by atoms with E-state index in [0.29, 0.717) is 6.54 Å². The van der Waals surface area contributed by atoms with E-state index in [0.717, 1.165) is 12.0 Å². The summed E-state index contributed by atoms with van der Waals surface area (Å²) in [5.41, 5.74) is 2.06. The molecule has 0 saturated heterocycles. The van der Waals surface area contributed by atoms with Gasteiger partial charge >= 0.3 is 0 Å². The minimum absolute atomic E-state index is 0.0449. The first kappa shape index (κ1) is 17.2. The second-order valence-electron chi connectivity index (χ2n) is 5.91. The molecule has 2 aromatic rings. The number of amides is 1. The van der Waals surface area contributed by atoms with Crippen molar-refractivity contribution in [1.29, 1.82) is 0 Å². The molecule has 0 aliphatic rings. The standard InChI is InChI=1S/C19H23FN2O/c1-22(2)18(12-15-6-4-3-5-7-15)14-21-19(23)13-16-8-10-17(20)11-9-16/h3-11,18H,12-14H2,1-2H3,(H,21,23). The van der Waals surface area contributed by atoms with E-state index in [9.17, 15) is 9.18 Å². The fraction of sp³-hybridized carbons (Fsp3) is 0.316. The lowest BCUT2D eigenvalue weighted by Crippen LogP contribution is -2.42. The Labute approximate surface area is 137 Å². The van der Waals surface area contributed by atoms with Crippen molar-refractivity contribution in [2.75, 3.05) is 20.6 Å². The van der Waals surface area contributed by atoms with Gasteiger partial charge < -0.3 is 10.2 Å². The van der Waals surface area contributed by atoms with Crippen LogP contribution in [0.4, 0.5) is 4.39 Å². The highest BCUT2D eigenvalue weighted by atomic mass is 19.1. The predicted molar refractivity (Wildman–Crippen MR) is 90.7 cm³/mol. The molecule has 0 spiro atoms. The van der Waals surface area contributed by atoms with Gasteiger partial charge in [-0.1, -0.05) is 42.5 Å². The number of likely N-dealkylation sites (N-methyl/N-ethyl adjacent to an activating group) is 1. The summed E-state index contributed by atoms with van der Waals surface area (Å²) in [5, 5.41) is 2.97. The molecule has 1 N–H and O–H groups in total. The Balaban J connectivity index is 1.85. The van der Waals surface area contributed by atoms with Crippen molar-refractivity contribution in [3.8, 4) is 0 Å². The minimum Gasteiger partial charge on any atom is -0.354 e. The molecular weight excluding hydrogens is 291 g/mol. The number of rotatable bonds is 7. The Bertz CT molecular complexity index is 611. The molecule has 0 aromatic heterocycles. The summed E-state index contributed by atoms with van der Waals surface area (Å²) in [5.74, 6) is -0.332. The number of benzene rings is 2. The van der Waals surface area contributed by atoms with Crippen LogP contribution in [-0.4, -0.2) is 37.5 Å². The number of carbonyl (C=O) groups is 1. The molecule has 0 heterocycles. The monoisotopic (exact) mass is 314 g/mol. The van der Waals surface area contributed by atoms with Gasteiger partial charge in [0.2, 0.25) is 5.91 Å². The number of halogens is 1. The minimum atomic E-state index is -0.287. The second kappa shape index (κ2) is 8.44. The fourth-order valence-electron chi connectivity index (χ4n) is 2.41. The summed E-state index contributed by atoms with van der Waals surface area (Å²) < 4.78 is 12.9. The molecule has 0 bridgehead atoms. The van der Waals surface area contributed by atoms with E-state index in [1.54, 1.807) is 12.1 Å². The SMILES string of the molecule is CN(C)C(CNC(=O)Cc1ccc(F)cc1)Cc1ccccc1. The lowest BCUT2D eigenvalue weighted by molar-refractivity contribution is -0.120. The predicted octanol–water partition coefficient (Wildman–Crippen LogP) is 2.66. The normalized spacial score (nSPS) is 12.2. The molecule has 1 atom stereocenters. The highest BCUT2D eigenvalue weighted by Crippen LogP contribution is 2.07. The van der Waals surface area contributed by atoms with Crippen LogP contribution in [0.1, 0.15) is 11.1 Å². The van der Waals surface area contributed by atoms with Crippen LogP contribution in [0, 0.1) is 5.82 Å². The molecule has 0 saturated carbocycles. The van der Waals surface area contributed by atoms with E-state index < -0.39 is 0 Å². The van der Waals surface area contributed by atoms with Crippen LogP contribution >= 0.6 is 0 Å². The average molecular weight is 314 g/mol. The van der Waals surface area contributed by atoms with Crippen molar-refractivity contribution in [2.45, 2.75) is 18.9 Å². The van der Waals surface area contributed by atoms with Gasteiger partial charge in [-0.2, -0.15) is 0 Å². The number of hydrogen-bond acceptors (Lipinski definition) is 2. The Hall–Kier alpha value is -2.20. The smallest absolute Gasteiger partial charge is 0.224 e. The lowest BCUT2D eigenvalue weighted by Gasteiger charge is -2.24. The fourth-order valence-corrected chi connectivity index (χ4v) is 2.41. The molecule has 2 rings (SSSR count). The van der Waals surface area contributed by atoms with Gasteiger partial charge in [0.25, 0.3) is 0 Å². The van der Waals surface area contributed by atoms with Gasteiger partial charge in [0.15, 0.2) is 0 Å². The first-order valence-electron chi connectivity index (χ1n) is 7.76. The summed E-state index contributed by atoms with van der Waals surface area (Å²) in [4.78, 5) is 14.2. The molecule has 0 radical (unpaired) electrons. The van der Waals surface area contributed by atoms with Crippen molar-refractivity contribution in [3.05, 3.63) is 71.5 Å². The Kier molecular flexibility index (Phi) is 6.29. The van der Waals surface area contributed by atoms with E-state index in [1.165, 1.54) is 17.7 Å². The molecule has 0 aliphatic heterocycles. The lowest BCUT2D eigenvalue weighted by atomic mass is 10.0. The largest absolute Gasteiger partial charge is 0.354 e. The number of nitrogens with zero attached hydrogens (tertiary/aromatic N) is 1. The van der Waals surface area contributed by atoms with Crippen LogP contribution in [-0.2, 0) is 17.6 Å². The highest BCUT2D eigenvalue weighted by molar-refractivity contribution is 5.78. The molecule has 3 nitrogen and oxygen atoms in total. The molecule has 4 heteroatoms. The van der Waals surface area contributed by atoms with E-state index >= 15 is 0 Å². The topological polar surface area (TPSA) is 32.3 Å². The van der Waals surface area contributed by atoms with Gasteiger partial charge in [-0.3, -0.25) is 4.79 Å². The van der Waals surface area contributed by atoms with Crippen molar-refractivity contribution < 1.29 is 9.18 Å². The van der Waals surface area contributed by atoms with E-state index in [2.05, 4.69) is 22.3 Å². The Morgan fingerprint density at radius 1 is 1.04 bits per heavy atom. The second-order valence-corrected chi connectivity index (χ2v) is 5.91. The third-order valence-corrected chi connectivity index (χ3v) is 3.86. The number of carbonyl (C=O) groups excluding carboxylic acids is 1. The van der Waals surface area contributed by atoms with Crippen LogP contribution in [0.3, 0.4) is 0 Å². The molecule has 122 valence electrons. The Morgan fingerprint density at radius 3 is 2.30 bits per heavy atom. The van der Waals surface area contributed by atoms with Crippen molar-refractivity contribution in [3.63, 3.8) is 0 Å². The number of hydrogen-bond donors (Lipinski definition) is 1. The third-order valence-electron chi connectivity index (χ3n) is 3.86. The van der Waals surface area contributed by atoms with Gasteiger partial charge in [-0.25, -0.2) is 4.39 Å². The first-order chi connectivity index (χ1) is 11.0. The van der Waals surface area contributed by atoms with Crippen LogP contribution < -0.4 is 5.32 Å². The van der Waals surface area contributed by atoms with Gasteiger partial charge in [0, 0.05) is 12.6 Å². The summed E-state index contributed by atoms with van der Waals surface area (Å²) >= 11 is 0. The van der Waals surface area contributed by atoms with Crippen molar-refractivity contribution in [1.82, 2.24) is 10.2 Å². The third kappa shape index (κ3) is 5.83. The highest BCUT2D eigenvalue weighted by Gasteiger charge is 2.14. The summed E-state index contributed by atoms with van der Waals surface area (Å²) in [6.45, 7) is 0.585. The van der Waals surface area contributed by atoms with E-state index in [-0.39, 0.29) is 24.2 Å². The molecule has 0 aliphatic carbocycles. The van der Waals surface area contributed by atoms with Crippen molar-refractivity contribution >= 4 is 5.91 Å². The Morgan fingerprint density at radius 2 is 1.70 bits per heavy atom. The molecule has 23 heavy (non-hydrogen) atoms. The zero-order valence-corrected chi connectivity index (χ0v) is 13.6. The summed E-state index contributed by atoms with van der Waals surface area (Å²) in [6.07, 6.45) is 1.15. The van der Waals surface area contributed by atoms with E-state index in [4.69, 9.17) is 0 Å². The molecule has 1 amide bonds. The van der Waals surface area contributed by atoms with Crippen molar-refractivity contribution in [2.24, 2.45) is 0 Å². The molecule has 0 fully saturated rings. The van der Waals surface area contributed by atoms with Crippen LogP contribution in [0.2, 0.25) is 0 Å². The summed E-state index contributed by atoms with van der Waals surface area (Å²) in [7, 11) is 4.03. The molecule has 1 unspecified atom stereocenters. The zero-order valence-electron chi connectivity index (χ0n) is 13.6. The van der Waals surface area contributed by atoms with Crippen LogP contribution in [0.5, 0.6) is 0 Å². The van der Waals surface area contributed by atoms with Gasteiger partial charge in [-0.05, 0) is 43.8 Å².